The van der Waals surface area contributed by atoms with Crippen molar-refractivity contribution in [3.05, 3.63) is 73.1 Å². The van der Waals surface area contributed by atoms with Crippen LogP contribution in [0.3, 0.4) is 0 Å². The van der Waals surface area contributed by atoms with E-state index in [1.807, 2.05) is 24.4 Å². The lowest BCUT2D eigenvalue weighted by Crippen LogP contribution is -2.33. The van der Waals surface area contributed by atoms with Crippen LogP contribution in [0.5, 0.6) is 5.75 Å². The van der Waals surface area contributed by atoms with Crippen molar-refractivity contribution in [2.24, 2.45) is 0 Å². The molecule has 3 aromatic carbocycles. The molecule has 0 saturated carbocycles. The van der Waals surface area contributed by atoms with Gasteiger partial charge in [0.1, 0.15) is 17.2 Å². The van der Waals surface area contributed by atoms with Gasteiger partial charge in [-0.05, 0) is 23.6 Å². The molecule has 2 heterocycles. The lowest BCUT2D eigenvalue weighted by Gasteiger charge is -2.10. The molecule has 0 bridgehead atoms. The van der Waals surface area contributed by atoms with Crippen molar-refractivity contribution in [2.45, 2.75) is 24.8 Å². The van der Waals surface area contributed by atoms with Crippen molar-refractivity contribution >= 4 is 31.8 Å². The summed E-state index contributed by atoms with van der Waals surface area (Å²) >= 11 is 0. The molecule has 8 heteroatoms. The molecule has 5 rings (SSSR count). The normalized spacial score (nSPS) is 11.9. The SMILES string of the molecule is CCC[n+]1ccc(-c2ncc(-c3ccc4c(S(=O)(=O)O)c(OC)ccc4c3)o2)c2ccccc21. The number of para-hydroxylation sites is 1. The summed E-state index contributed by atoms with van der Waals surface area (Å²) in [7, 11) is -3.11. The summed E-state index contributed by atoms with van der Waals surface area (Å²) in [6.07, 6.45) is 4.74. The van der Waals surface area contributed by atoms with Gasteiger partial charge in [-0.25, -0.2) is 4.98 Å². The Morgan fingerprint density at radius 2 is 1.88 bits per heavy atom. The first-order valence-corrected chi connectivity index (χ1v) is 12.3. The fraction of sp³-hybridized carbons (Fsp3) is 0.154. The molecule has 0 radical (unpaired) electrons. The summed E-state index contributed by atoms with van der Waals surface area (Å²) in [6, 6.07) is 18.6. The zero-order chi connectivity index (χ0) is 23.9. The number of aryl methyl sites for hydroxylation is 1. The summed E-state index contributed by atoms with van der Waals surface area (Å²) in [5, 5.41) is 2.03. The maximum atomic E-state index is 12.0. The van der Waals surface area contributed by atoms with Gasteiger partial charge in [0, 0.05) is 29.5 Å². The molecule has 2 aromatic heterocycles. The first-order valence-electron chi connectivity index (χ1n) is 10.9. The molecule has 0 spiro atoms. The number of ether oxygens (including phenoxy) is 1. The lowest BCUT2D eigenvalue weighted by atomic mass is 10.1. The highest BCUT2D eigenvalue weighted by atomic mass is 32.2. The Bertz CT molecular complexity index is 1640. The summed E-state index contributed by atoms with van der Waals surface area (Å²) in [5.74, 6) is 1.14. The van der Waals surface area contributed by atoms with E-state index in [4.69, 9.17) is 9.15 Å². The fourth-order valence-electron chi connectivity index (χ4n) is 4.30. The second-order valence-corrected chi connectivity index (χ2v) is 9.34. The van der Waals surface area contributed by atoms with E-state index in [0.717, 1.165) is 35.0 Å². The Hall–Kier alpha value is -3.75. The molecule has 7 nitrogen and oxygen atoms in total. The van der Waals surface area contributed by atoms with Gasteiger partial charge in [-0.15, -0.1) is 0 Å². The van der Waals surface area contributed by atoms with E-state index in [0.29, 0.717) is 22.4 Å². The van der Waals surface area contributed by atoms with Crippen LogP contribution in [0.15, 0.2) is 82.4 Å². The van der Waals surface area contributed by atoms with Gasteiger partial charge in [0.05, 0.1) is 24.3 Å². The smallest absolute Gasteiger partial charge is 0.298 e. The van der Waals surface area contributed by atoms with Gasteiger partial charge in [0.2, 0.25) is 11.4 Å². The number of fused-ring (bicyclic) bond motifs is 2. The molecule has 0 unspecified atom stereocenters. The van der Waals surface area contributed by atoms with E-state index in [9.17, 15) is 13.0 Å². The van der Waals surface area contributed by atoms with Crippen LogP contribution in [-0.4, -0.2) is 25.1 Å². The molecule has 0 saturated heterocycles. The standard InChI is InChI=1S/C26H22N2O5S/c1-3-13-28-14-12-21(20-6-4-5-7-22(20)28)26-27-16-24(33-26)18-8-10-19-17(15-18)9-11-23(32-2)25(19)34(29,30)31/h4-12,14-16H,3,13H2,1-2H3/p+1. The summed E-state index contributed by atoms with van der Waals surface area (Å²) in [4.78, 5) is 4.26. The van der Waals surface area contributed by atoms with Crippen LogP contribution in [0, 0.1) is 0 Å². The number of hydrogen-bond acceptors (Lipinski definition) is 5. The predicted octanol–water partition coefficient (Wildman–Crippen LogP) is 5.27. The number of nitrogens with zero attached hydrogens (tertiary/aromatic N) is 2. The second-order valence-electron chi connectivity index (χ2n) is 7.98. The maximum absolute atomic E-state index is 12.0. The van der Waals surface area contributed by atoms with E-state index >= 15 is 0 Å². The highest BCUT2D eigenvalue weighted by Crippen LogP contribution is 2.35. The van der Waals surface area contributed by atoms with Crippen molar-refractivity contribution in [2.75, 3.05) is 7.11 Å². The number of benzene rings is 3. The Labute approximate surface area is 197 Å². The van der Waals surface area contributed by atoms with Crippen molar-refractivity contribution in [1.29, 1.82) is 0 Å². The molecule has 5 aromatic rings. The molecular formula is C26H23N2O5S+. The molecule has 0 aliphatic rings. The van der Waals surface area contributed by atoms with Gasteiger partial charge < -0.3 is 9.15 Å². The third kappa shape index (κ3) is 3.81. The topological polar surface area (TPSA) is 93.5 Å². The van der Waals surface area contributed by atoms with Gasteiger partial charge in [0.25, 0.3) is 10.1 Å². The molecule has 1 N–H and O–H groups in total. The molecule has 0 fully saturated rings. The molecule has 0 aliphatic carbocycles. The molecular weight excluding hydrogens is 452 g/mol. The van der Waals surface area contributed by atoms with Gasteiger partial charge in [0.15, 0.2) is 12.0 Å². The summed E-state index contributed by atoms with van der Waals surface area (Å²) < 4.78 is 47.1. The van der Waals surface area contributed by atoms with E-state index in [-0.39, 0.29) is 10.6 Å². The van der Waals surface area contributed by atoms with Crippen LogP contribution in [0.2, 0.25) is 0 Å². The van der Waals surface area contributed by atoms with Crippen LogP contribution in [0.1, 0.15) is 13.3 Å². The predicted molar refractivity (Wildman–Crippen MR) is 129 cm³/mol. The van der Waals surface area contributed by atoms with Crippen LogP contribution in [-0.2, 0) is 16.7 Å². The minimum absolute atomic E-state index is 0.0842. The molecule has 0 amide bonds. The maximum Gasteiger partial charge on any atom is 0.298 e. The largest absolute Gasteiger partial charge is 0.495 e. The lowest BCUT2D eigenvalue weighted by molar-refractivity contribution is -0.671. The minimum atomic E-state index is -4.47. The third-order valence-corrected chi connectivity index (χ3v) is 6.76. The summed E-state index contributed by atoms with van der Waals surface area (Å²) in [6.45, 7) is 3.07. The van der Waals surface area contributed by atoms with Crippen molar-refractivity contribution in [3.8, 4) is 28.5 Å². The second kappa shape index (κ2) is 8.55. The van der Waals surface area contributed by atoms with E-state index in [1.54, 1.807) is 30.5 Å². The zero-order valence-corrected chi connectivity index (χ0v) is 19.5. The Morgan fingerprint density at radius 1 is 1.06 bits per heavy atom. The highest BCUT2D eigenvalue weighted by Gasteiger charge is 2.21. The van der Waals surface area contributed by atoms with E-state index in [1.165, 1.54) is 13.2 Å². The monoisotopic (exact) mass is 475 g/mol. The Balaban J connectivity index is 1.60. The average molecular weight is 476 g/mol. The first kappa shape index (κ1) is 22.1. The Morgan fingerprint density at radius 3 is 2.65 bits per heavy atom. The molecule has 0 aliphatic heterocycles. The first-order chi connectivity index (χ1) is 16.4. The van der Waals surface area contributed by atoms with E-state index < -0.39 is 10.1 Å². The number of methoxy groups -OCH3 is 1. The van der Waals surface area contributed by atoms with Crippen molar-refractivity contribution < 1.29 is 26.7 Å². The van der Waals surface area contributed by atoms with Gasteiger partial charge in [-0.3, -0.25) is 4.55 Å². The van der Waals surface area contributed by atoms with Crippen LogP contribution in [0.25, 0.3) is 44.5 Å². The van der Waals surface area contributed by atoms with Crippen LogP contribution >= 0.6 is 0 Å². The third-order valence-electron chi connectivity index (χ3n) is 5.82. The number of oxazole rings is 1. The number of hydrogen-bond donors (Lipinski definition) is 1. The van der Waals surface area contributed by atoms with Gasteiger partial charge in [-0.2, -0.15) is 13.0 Å². The summed E-state index contributed by atoms with van der Waals surface area (Å²) in [5.41, 5.74) is 2.74. The van der Waals surface area contributed by atoms with E-state index in [2.05, 4.69) is 28.6 Å². The number of pyridine rings is 1. The Kier molecular flexibility index (Phi) is 5.55. The zero-order valence-electron chi connectivity index (χ0n) is 18.7. The van der Waals surface area contributed by atoms with Crippen molar-refractivity contribution in [1.82, 2.24) is 4.98 Å². The van der Waals surface area contributed by atoms with Crippen molar-refractivity contribution in [3.63, 3.8) is 0 Å². The minimum Gasteiger partial charge on any atom is -0.495 e. The van der Waals surface area contributed by atoms with Gasteiger partial charge in [-0.1, -0.05) is 37.3 Å². The quantitative estimate of drug-likeness (QED) is 0.266. The number of aromatic nitrogens is 2. The van der Waals surface area contributed by atoms with Crippen LogP contribution in [0.4, 0.5) is 0 Å². The molecule has 34 heavy (non-hydrogen) atoms. The van der Waals surface area contributed by atoms with Gasteiger partial charge >= 0.3 is 0 Å². The fourth-order valence-corrected chi connectivity index (χ4v) is 5.17. The molecule has 0 atom stereocenters. The average Bonchev–Trinajstić information content (AvgIpc) is 3.32. The van der Waals surface area contributed by atoms with Crippen LogP contribution < -0.4 is 9.30 Å². The highest BCUT2D eigenvalue weighted by molar-refractivity contribution is 7.86. The number of rotatable bonds is 6. The molecule has 172 valence electrons.